The van der Waals surface area contributed by atoms with Gasteiger partial charge in [0.2, 0.25) is 0 Å². The highest BCUT2D eigenvalue weighted by Gasteiger charge is 2.19. The molecule has 1 heterocycles. The van der Waals surface area contributed by atoms with Gasteiger partial charge in [-0.1, -0.05) is 60.7 Å². The number of aromatic hydroxyl groups is 1. The van der Waals surface area contributed by atoms with E-state index in [1.54, 1.807) is 24.3 Å². The van der Waals surface area contributed by atoms with Crippen molar-refractivity contribution >= 4 is 28.4 Å². The number of anilines is 1. The number of rotatable bonds is 5. The Balaban J connectivity index is 1.48. The Morgan fingerprint density at radius 1 is 0.833 bits per heavy atom. The minimum absolute atomic E-state index is 0.190. The first-order chi connectivity index (χ1) is 14.6. The Hall–Kier alpha value is -4.06. The van der Waals surface area contributed by atoms with Crippen molar-refractivity contribution in [3.63, 3.8) is 0 Å². The summed E-state index contributed by atoms with van der Waals surface area (Å²) in [5, 5.41) is 15.6. The van der Waals surface area contributed by atoms with E-state index in [4.69, 9.17) is 0 Å². The third-order valence-corrected chi connectivity index (χ3v) is 4.85. The molecule has 0 spiro atoms. The third kappa shape index (κ3) is 4.17. The molecule has 150 valence electrons. The van der Waals surface area contributed by atoms with Crippen molar-refractivity contribution in [3.05, 3.63) is 84.4 Å². The van der Waals surface area contributed by atoms with Gasteiger partial charge in [0.1, 0.15) is 5.75 Å². The summed E-state index contributed by atoms with van der Waals surface area (Å²) >= 11 is 0. The first-order valence-corrected chi connectivity index (χ1v) is 9.65. The molecule has 2 amide bonds. The second-order valence-corrected chi connectivity index (χ2v) is 6.91. The van der Waals surface area contributed by atoms with Gasteiger partial charge in [-0.25, -0.2) is 0 Å². The topological polar surface area (TPSA) is 94.2 Å². The fraction of sp³-hybridized carbons (Fsp3) is 0.0833. The van der Waals surface area contributed by atoms with Crippen LogP contribution in [-0.4, -0.2) is 28.4 Å². The number of hydrogen-bond donors (Lipinski definition) is 4. The fourth-order valence-corrected chi connectivity index (χ4v) is 3.33. The van der Waals surface area contributed by atoms with Crippen LogP contribution in [0.4, 0.5) is 5.69 Å². The first kappa shape index (κ1) is 19.3. The molecule has 4 rings (SSSR count). The molecule has 0 aliphatic rings. The van der Waals surface area contributed by atoms with Crippen LogP contribution >= 0.6 is 0 Å². The summed E-state index contributed by atoms with van der Waals surface area (Å²) in [6, 6.07) is 24.0. The van der Waals surface area contributed by atoms with Gasteiger partial charge in [0, 0.05) is 23.0 Å². The summed E-state index contributed by atoms with van der Waals surface area (Å²) in [5.74, 6) is -1.23. The van der Waals surface area contributed by atoms with Crippen LogP contribution in [0.2, 0.25) is 0 Å². The molecule has 0 radical (unpaired) electrons. The summed E-state index contributed by atoms with van der Waals surface area (Å²) in [6.07, 6.45) is 0.557. The van der Waals surface area contributed by atoms with E-state index in [9.17, 15) is 14.7 Å². The van der Waals surface area contributed by atoms with Gasteiger partial charge in [0.05, 0.1) is 11.4 Å². The number of para-hydroxylation sites is 1. The molecule has 1 aromatic heterocycles. The Kier molecular flexibility index (Phi) is 5.48. The van der Waals surface area contributed by atoms with E-state index in [2.05, 4.69) is 15.6 Å². The highest BCUT2D eigenvalue weighted by molar-refractivity contribution is 6.40. The Labute approximate surface area is 173 Å². The van der Waals surface area contributed by atoms with Crippen molar-refractivity contribution in [1.82, 2.24) is 10.3 Å². The van der Waals surface area contributed by atoms with Crippen LogP contribution in [0.1, 0.15) is 5.56 Å². The molecule has 0 bridgehead atoms. The smallest absolute Gasteiger partial charge is 0.313 e. The number of phenolic OH excluding ortho intramolecular Hbond substituents is 1. The van der Waals surface area contributed by atoms with E-state index < -0.39 is 11.8 Å². The lowest BCUT2D eigenvalue weighted by Gasteiger charge is -2.09. The number of H-pyrrole nitrogens is 1. The number of amides is 2. The van der Waals surface area contributed by atoms with E-state index in [1.807, 2.05) is 54.6 Å². The Morgan fingerprint density at radius 3 is 2.30 bits per heavy atom. The molecule has 0 saturated carbocycles. The number of aromatic amines is 1. The van der Waals surface area contributed by atoms with Crippen molar-refractivity contribution in [2.75, 3.05) is 11.9 Å². The van der Waals surface area contributed by atoms with E-state index in [1.165, 1.54) is 0 Å². The van der Waals surface area contributed by atoms with Crippen LogP contribution in [-0.2, 0) is 16.0 Å². The predicted octanol–water partition coefficient (Wildman–Crippen LogP) is 3.84. The quantitative estimate of drug-likeness (QED) is 0.384. The molecule has 6 heteroatoms. The molecule has 0 fully saturated rings. The number of carbonyl (C=O) groups excluding carboxylic acids is 2. The van der Waals surface area contributed by atoms with Crippen molar-refractivity contribution in [2.24, 2.45) is 0 Å². The van der Waals surface area contributed by atoms with Gasteiger partial charge in [0.25, 0.3) is 0 Å². The van der Waals surface area contributed by atoms with Gasteiger partial charge in [-0.05, 0) is 30.2 Å². The lowest BCUT2D eigenvalue weighted by atomic mass is 10.1. The highest BCUT2D eigenvalue weighted by atomic mass is 16.3. The fourth-order valence-electron chi connectivity index (χ4n) is 3.33. The van der Waals surface area contributed by atoms with Gasteiger partial charge in [-0.15, -0.1) is 0 Å². The number of benzene rings is 3. The molecular formula is C24H21N3O3. The van der Waals surface area contributed by atoms with E-state index in [0.717, 1.165) is 27.7 Å². The SMILES string of the molecule is O=C(NCCc1ccc(O)cc1)C(=O)Nc1c(-c2ccccc2)[nH]c2ccccc12. The maximum atomic E-state index is 12.6. The van der Waals surface area contributed by atoms with Crippen LogP contribution < -0.4 is 10.6 Å². The zero-order valence-corrected chi connectivity index (χ0v) is 16.2. The average molecular weight is 399 g/mol. The van der Waals surface area contributed by atoms with Gasteiger partial charge in [-0.3, -0.25) is 9.59 Å². The van der Waals surface area contributed by atoms with Crippen LogP contribution in [0.15, 0.2) is 78.9 Å². The number of phenols is 1. The minimum Gasteiger partial charge on any atom is -0.508 e. The van der Waals surface area contributed by atoms with Crippen molar-refractivity contribution in [3.8, 4) is 17.0 Å². The molecular weight excluding hydrogens is 378 g/mol. The zero-order valence-electron chi connectivity index (χ0n) is 16.2. The zero-order chi connectivity index (χ0) is 20.9. The molecule has 0 aliphatic carbocycles. The number of nitrogens with one attached hydrogen (secondary N) is 3. The number of hydrogen-bond acceptors (Lipinski definition) is 3. The Morgan fingerprint density at radius 2 is 1.53 bits per heavy atom. The molecule has 4 aromatic rings. The van der Waals surface area contributed by atoms with Gasteiger partial charge in [-0.2, -0.15) is 0 Å². The second kappa shape index (κ2) is 8.53. The van der Waals surface area contributed by atoms with Crippen LogP contribution in [0.25, 0.3) is 22.2 Å². The number of carbonyl (C=O) groups is 2. The van der Waals surface area contributed by atoms with E-state index in [0.29, 0.717) is 18.7 Å². The van der Waals surface area contributed by atoms with E-state index >= 15 is 0 Å². The number of aromatic nitrogens is 1. The summed E-state index contributed by atoms with van der Waals surface area (Å²) in [4.78, 5) is 28.2. The lowest BCUT2D eigenvalue weighted by molar-refractivity contribution is -0.136. The summed E-state index contributed by atoms with van der Waals surface area (Å²) < 4.78 is 0. The summed E-state index contributed by atoms with van der Waals surface area (Å²) in [5.41, 5.74) is 4.07. The van der Waals surface area contributed by atoms with Crippen molar-refractivity contribution in [2.45, 2.75) is 6.42 Å². The van der Waals surface area contributed by atoms with Crippen molar-refractivity contribution < 1.29 is 14.7 Å². The molecule has 4 N–H and O–H groups in total. The predicted molar refractivity (Wildman–Crippen MR) is 117 cm³/mol. The van der Waals surface area contributed by atoms with Gasteiger partial charge < -0.3 is 20.7 Å². The third-order valence-electron chi connectivity index (χ3n) is 4.85. The summed E-state index contributed by atoms with van der Waals surface area (Å²) in [6.45, 7) is 0.316. The first-order valence-electron chi connectivity index (χ1n) is 9.65. The maximum Gasteiger partial charge on any atom is 0.313 e. The van der Waals surface area contributed by atoms with Crippen molar-refractivity contribution in [1.29, 1.82) is 0 Å². The molecule has 0 saturated heterocycles. The Bertz CT molecular complexity index is 1180. The molecule has 6 nitrogen and oxygen atoms in total. The van der Waals surface area contributed by atoms with Crippen LogP contribution in [0.5, 0.6) is 5.75 Å². The number of fused-ring (bicyclic) bond motifs is 1. The molecule has 0 aliphatic heterocycles. The van der Waals surface area contributed by atoms with E-state index in [-0.39, 0.29) is 5.75 Å². The summed E-state index contributed by atoms with van der Waals surface area (Å²) in [7, 11) is 0. The largest absolute Gasteiger partial charge is 0.508 e. The highest BCUT2D eigenvalue weighted by Crippen LogP contribution is 2.34. The normalized spacial score (nSPS) is 10.7. The molecule has 0 unspecified atom stereocenters. The average Bonchev–Trinajstić information content (AvgIpc) is 3.14. The van der Waals surface area contributed by atoms with Gasteiger partial charge >= 0.3 is 11.8 Å². The molecule has 30 heavy (non-hydrogen) atoms. The lowest BCUT2D eigenvalue weighted by Crippen LogP contribution is -2.36. The van der Waals surface area contributed by atoms with Crippen LogP contribution in [0, 0.1) is 0 Å². The maximum absolute atomic E-state index is 12.6. The second-order valence-electron chi connectivity index (χ2n) is 6.91. The monoisotopic (exact) mass is 399 g/mol. The molecule has 3 aromatic carbocycles. The minimum atomic E-state index is -0.720. The molecule has 0 atom stereocenters. The standard InChI is InChI=1S/C24H21N3O3/c28-18-12-10-16(11-13-18)14-15-25-23(29)24(30)27-22-19-8-4-5-9-20(19)26-21(22)17-6-2-1-3-7-17/h1-13,26,28H,14-15H2,(H,25,29)(H,27,30). The van der Waals surface area contributed by atoms with Gasteiger partial charge in [0.15, 0.2) is 0 Å². The van der Waals surface area contributed by atoms with Crippen LogP contribution in [0.3, 0.4) is 0 Å².